The molecule has 0 radical (unpaired) electrons. The van der Waals surface area contributed by atoms with Gasteiger partial charge in [-0.3, -0.25) is 0 Å². The fourth-order valence-corrected chi connectivity index (χ4v) is 3.19. The van der Waals surface area contributed by atoms with E-state index in [4.69, 9.17) is 15.2 Å². The highest BCUT2D eigenvalue weighted by atomic mass is 19.4. The second-order valence-electron chi connectivity index (χ2n) is 6.53. The number of benzene rings is 1. The van der Waals surface area contributed by atoms with E-state index in [-0.39, 0.29) is 6.42 Å². The topological polar surface area (TPSA) is 47.8 Å². The lowest BCUT2D eigenvalue weighted by Crippen LogP contribution is -2.42. The maximum Gasteiger partial charge on any atom is 0.421 e. The van der Waals surface area contributed by atoms with Gasteiger partial charge in [0.1, 0.15) is 17.8 Å². The third-order valence-electron chi connectivity index (χ3n) is 4.40. The van der Waals surface area contributed by atoms with Crippen LogP contribution in [-0.4, -0.2) is 24.6 Å². The predicted octanol–water partition coefficient (Wildman–Crippen LogP) is 3.04. The monoisotopic (exact) mass is 319 g/mol. The van der Waals surface area contributed by atoms with Crippen molar-refractivity contribution in [2.45, 2.75) is 50.1 Å². The summed E-state index contributed by atoms with van der Waals surface area (Å²) in [5, 5.41) is 0. The number of epoxide rings is 1. The first-order valence-corrected chi connectivity index (χ1v) is 7.03. The SMILES string of the molecule is CC(C)(C[C@]1(C(F)(F)F)O[C@H]1N)c1cc(F)cc2c1OCC2. The fourth-order valence-electron chi connectivity index (χ4n) is 3.19. The van der Waals surface area contributed by atoms with Crippen molar-refractivity contribution in [2.24, 2.45) is 5.73 Å². The Bertz CT molecular complexity index is 614. The summed E-state index contributed by atoms with van der Waals surface area (Å²) in [6.07, 6.45) is -5.78. The molecule has 2 aliphatic rings. The Morgan fingerprint density at radius 3 is 2.50 bits per heavy atom. The van der Waals surface area contributed by atoms with E-state index in [0.717, 1.165) is 0 Å². The third-order valence-corrected chi connectivity index (χ3v) is 4.40. The maximum absolute atomic E-state index is 13.8. The molecule has 122 valence electrons. The van der Waals surface area contributed by atoms with Crippen molar-refractivity contribution < 1.29 is 27.0 Å². The minimum Gasteiger partial charge on any atom is -0.493 e. The number of hydrogen-bond donors (Lipinski definition) is 1. The third kappa shape index (κ3) is 2.27. The van der Waals surface area contributed by atoms with Gasteiger partial charge in [-0.25, -0.2) is 4.39 Å². The number of rotatable bonds is 3. The van der Waals surface area contributed by atoms with Gasteiger partial charge in [0.05, 0.1) is 6.61 Å². The van der Waals surface area contributed by atoms with Crippen LogP contribution in [-0.2, 0) is 16.6 Å². The van der Waals surface area contributed by atoms with Gasteiger partial charge >= 0.3 is 6.18 Å². The molecule has 1 aromatic rings. The van der Waals surface area contributed by atoms with E-state index in [0.29, 0.717) is 29.9 Å². The fraction of sp³-hybridized carbons (Fsp3) is 0.600. The van der Waals surface area contributed by atoms with E-state index >= 15 is 0 Å². The Balaban J connectivity index is 1.98. The van der Waals surface area contributed by atoms with Crippen LogP contribution in [0.5, 0.6) is 5.75 Å². The largest absolute Gasteiger partial charge is 0.493 e. The minimum atomic E-state index is -4.57. The Morgan fingerprint density at radius 1 is 1.32 bits per heavy atom. The molecule has 0 unspecified atom stereocenters. The first kappa shape index (κ1) is 15.6. The van der Waals surface area contributed by atoms with Crippen LogP contribution in [0.3, 0.4) is 0 Å². The summed E-state index contributed by atoms with van der Waals surface area (Å²) in [5.74, 6) is 0.00680. The van der Waals surface area contributed by atoms with E-state index in [1.807, 2.05) is 0 Å². The average molecular weight is 319 g/mol. The molecular weight excluding hydrogens is 302 g/mol. The summed E-state index contributed by atoms with van der Waals surface area (Å²) in [6.45, 7) is 3.64. The smallest absolute Gasteiger partial charge is 0.421 e. The number of fused-ring (bicyclic) bond motifs is 1. The van der Waals surface area contributed by atoms with E-state index in [1.54, 1.807) is 13.8 Å². The number of nitrogens with two attached hydrogens (primary N) is 1. The van der Waals surface area contributed by atoms with Gasteiger partial charge in [0, 0.05) is 17.5 Å². The van der Waals surface area contributed by atoms with Crippen LogP contribution in [0.2, 0.25) is 0 Å². The Kier molecular flexibility index (Phi) is 3.24. The van der Waals surface area contributed by atoms with Gasteiger partial charge in [-0.15, -0.1) is 0 Å². The normalized spacial score (nSPS) is 27.5. The second-order valence-corrected chi connectivity index (χ2v) is 6.53. The van der Waals surface area contributed by atoms with Gasteiger partial charge < -0.3 is 15.2 Å². The molecule has 2 aliphatic heterocycles. The van der Waals surface area contributed by atoms with Gasteiger partial charge in [0.25, 0.3) is 0 Å². The van der Waals surface area contributed by atoms with Crippen LogP contribution in [0.15, 0.2) is 12.1 Å². The van der Waals surface area contributed by atoms with Crippen molar-refractivity contribution >= 4 is 0 Å². The second kappa shape index (κ2) is 4.58. The van der Waals surface area contributed by atoms with Gasteiger partial charge in [-0.1, -0.05) is 13.8 Å². The first-order valence-electron chi connectivity index (χ1n) is 7.03. The molecule has 22 heavy (non-hydrogen) atoms. The van der Waals surface area contributed by atoms with Crippen LogP contribution in [0.25, 0.3) is 0 Å². The summed E-state index contributed by atoms with van der Waals surface area (Å²) in [7, 11) is 0. The minimum absolute atomic E-state index is 0.385. The van der Waals surface area contributed by atoms with Crippen molar-refractivity contribution in [2.75, 3.05) is 6.61 Å². The van der Waals surface area contributed by atoms with Crippen LogP contribution in [0.4, 0.5) is 17.6 Å². The zero-order valence-corrected chi connectivity index (χ0v) is 12.3. The van der Waals surface area contributed by atoms with E-state index in [9.17, 15) is 17.6 Å². The lowest BCUT2D eigenvalue weighted by Gasteiger charge is -2.31. The zero-order valence-electron chi connectivity index (χ0n) is 12.3. The van der Waals surface area contributed by atoms with Crippen molar-refractivity contribution in [1.82, 2.24) is 0 Å². The molecule has 0 bridgehead atoms. The van der Waals surface area contributed by atoms with Crippen molar-refractivity contribution in [3.8, 4) is 5.75 Å². The molecule has 3 nitrogen and oxygen atoms in total. The standard InChI is InChI=1S/C15H17F4NO2/c1-13(2,7-14(12(20)22-14)15(17,18)19)10-6-9(16)5-8-3-4-21-11(8)10/h5-6,12H,3-4,7,20H2,1-2H3/t12-,14+/m1/s1. The molecule has 0 saturated carbocycles. The highest BCUT2D eigenvalue weighted by Crippen LogP contribution is 2.55. The van der Waals surface area contributed by atoms with Gasteiger partial charge in [-0.05, 0) is 24.0 Å². The first-order chi connectivity index (χ1) is 10.1. The molecule has 2 N–H and O–H groups in total. The van der Waals surface area contributed by atoms with Gasteiger partial charge in [0.15, 0.2) is 0 Å². The summed E-state index contributed by atoms with van der Waals surface area (Å²) in [6, 6.07) is 2.60. The van der Waals surface area contributed by atoms with Crippen LogP contribution < -0.4 is 10.5 Å². The molecule has 0 amide bonds. The van der Waals surface area contributed by atoms with Crippen molar-refractivity contribution in [1.29, 1.82) is 0 Å². The summed E-state index contributed by atoms with van der Waals surface area (Å²) >= 11 is 0. The molecule has 1 aromatic carbocycles. The molecule has 0 aliphatic carbocycles. The van der Waals surface area contributed by atoms with Crippen LogP contribution >= 0.6 is 0 Å². The van der Waals surface area contributed by atoms with E-state index in [1.165, 1.54) is 12.1 Å². The molecule has 0 aromatic heterocycles. The molecule has 1 saturated heterocycles. The molecule has 1 fully saturated rings. The quantitative estimate of drug-likeness (QED) is 0.688. The number of ether oxygens (including phenoxy) is 2. The molecule has 7 heteroatoms. The number of halogens is 4. The molecular formula is C15H17F4NO2. The Morgan fingerprint density at radius 2 is 1.95 bits per heavy atom. The van der Waals surface area contributed by atoms with E-state index < -0.39 is 29.2 Å². The van der Waals surface area contributed by atoms with E-state index in [2.05, 4.69) is 0 Å². The summed E-state index contributed by atoms with van der Waals surface area (Å²) < 4.78 is 63.7. The highest BCUT2D eigenvalue weighted by molar-refractivity contribution is 5.48. The predicted molar refractivity (Wildman–Crippen MR) is 71.1 cm³/mol. The maximum atomic E-state index is 13.8. The molecule has 0 spiro atoms. The van der Waals surface area contributed by atoms with Crippen molar-refractivity contribution in [3.05, 3.63) is 29.1 Å². The lowest BCUT2D eigenvalue weighted by molar-refractivity contribution is -0.189. The Labute approximate surface area is 125 Å². The number of alkyl halides is 3. The lowest BCUT2D eigenvalue weighted by atomic mass is 9.75. The van der Waals surface area contributed by atoms with Crippen LogP contribution in [0.1, 0.15) is 31.4 Å². The molecule has 3 rings (SSSR count). The van der Waals surface area contributed by atoms with Crippen molar-refractivity contribution in [3.63, 3.8) is 0 Å². The zero-order chi connectivity index (χ0) is 16.3. The highest BCUT2D eigenvalue weighted by Gasteiger charge is 2.73. The summed E-state index contributed by atoms with van der Waals surface area (Å²) in [4.78, 5) is 0. The molecule has 2 atom stereocenters. The number of hydrogen-bond acceptors (Lipinski definition) is 3. The average Bonchev–Trinajstić information content (AvgIpc) is 2.83. The summed E-state index contributed by atoms with van der Waals surface area (Å²) in [5.41, 5.74) is 3.11. The Hall–Kier alpha value is -1.34. The molecule has 2 heterocycles. The van der Waals surface area contributed by atoms with Gasteiger partial charge in [-0.2, -0.15) is 13.2 Å². The van der Waals surface area contributed by atoms with Gasteiger partial charge in [0.2, 0.25) is 5.60 Å². The van der Waals surface area contributed by atoms with Crippen LogP contribution in [0, 0.1) is 5.82 Å².